The molecule has 3 aromatic rings. The molecule has 2 aromatic heterocycles. The van der Waals surface area contributed by atoms with Crippen LogP contribution >= 0.6 is 11.6 Å². The molecule has 0 saturated carbocycles. The Balaban J connectivity index is 1.63. The van der Waals surface area contributed by atoms with Gasteiger partial charge in [0.1, 0.15) is 30.0 Å². The number of anilines is 1. The number of sulfonamides is 1. The molecular weight excluding hydrogens is 443 g/mol. The lowest BCUT2D eigenvalue weighted by molar-refractivity contribution is -0.679. The fraction of sp³-hybridized carbons (Fsp3) is 0.158. The predicted molar refractivity (Wildman–Crippen MR) is 104 cm³/mol. The van der Waals surface area contributed by atoms with Gasteiger partial charge in [-0.15, -0.1) is 0 Å². The van der Waals surface area contributed by atoms with E-state index in [-0.39, 0.29) is 18.0 Å². The minimum Gasteiger partial charge on any atom is -0.456 e. The molecule has 1 N–H and O–H groups in total. The van der Waals surface area contributed by atoms with Crippen LogP contribution in [-0.4, -0.2) is 19.2 Å². The first-order valence-electron chi connectivity index (χ1n) is 8.65. The zero-order valence-corrected chi connectivity index (χ0v) is 16.7. The Morgan fingerprint density at radius 2 is 1.83 bits per heavy atom. The summed E-state index contributed by atoms with van der Waals surface area (Å²) in [4.78, 5) is 3.56. The third-order valence-electron chi connectivity index (χ3n) is 4.40. The molecule has 0 atom stereocenters. The highest BCUT2D eigenvalue weighted by atomic mass is 35.5. The molecule has 1 aromatic carbocycles. The Labute approximate surface area is 175 Å². The van der Waals surface area contributed by atoms with E-state index in [4.69, 9.17) is 16.3 Å². The van der Waals surface area contributed by atoms with E-state index in [1.54, 1.807) is 41.1 Å². The molecule has 1 aliphatic rings. The smallest absolute Gasteiger partial charge is 0.418 e. The van der Waals surface area contributed by atoms with Crippen LogP contribution in [0.15, 0.2) is 55.0 Å². The summed E-state index contributed by atoms with van der Waals surface area (Å²) < 4.78 is 72.1. The number of pyridine rings is 2. The van der Waals surface area contributed by atoms with Crippen molar-refractivity contribution in [3.05, 3.63) is 65.6 Å². The molecule has 156 valence electrons. The van der Waals surface area contributed by atoms with Crippen molar-refractivity contribution in [2.75, 3.05) is 10.5 Å². The van der Waals surface area contributed by atoms with Gasteiger partial charge in [0.15, 0.2) is 0 Å². The van der Waals surface area contributed by atoms with Crippen molar-refractivity contribution < 1.29 is 30.9 Å². The second kappa shape index (κ2) is 7.44. The number of nitrogens with one attached hydrogen (secondary N) is 1. The lowest BCUT2D eigenvalue weighted by Crippen LogP contribution is -2.47. The summed E-state index contributed by atoms with van der Waals surface area (Å²) in [6.45, 7) is 0.266. The Kier molecular flexibility index (Phi) is 5.07. The van der Waals surface area contributed by atoms with Crippen LogP contribution in [-0.2, 0) is 22.7 Å². The lowest BCUT2D eigenvalue weighted by atomic mass is 10.1. The molecule has 0 saturated heterocycles. The summed E-state index contributed by atoms with van der Waals surface area (Å²) in [7, 11) is -3.44. The number of aromatic nitrogens is 2. The quantitative estimate of drug-likeness (QED) is 0.598. The number of ether oxygens (including phenoxy) is 1. The Hall–Kier alpha value is -2.85. The molecule has 0 fully saturated rings. The van der Waals surface area contributed by atoms with Crippen LogP contribution in [0.5, 0.6) is 11.5 Å². The topological polar surface area (TPSA) is 72.2 Å². The highest BCUT2D eigenvalue weighted by molar-refractivity contribution is 7.92. The van der Waals surface area contributed by atoms with Gasteiger partial charge in [-0.2, -0.15) is 26.3 Å². The van der Waals surface area contributed by atoms with Crippen LogP contribution in [0.25, 0.3) is 11.1 Å². The van der Waals surface area contributed by atoms with Crippen LogP contribution in [0.4, 0.5) is 19.0 Å². The van der Waals surface area contributed by atoms with Gasteiger partial charge in [0.2, 0.25) is 0 Å². The van der Waals surface area contributed by atoms with Gasteiger partial charge in [-0.25, -0.2) is 4.57 Å². The summed E-state index contributed by atoms with van der Waals surface area (Å²) >= 11 is 6.17. The van der Waals surface area contributed by atoms with Gasteiger partial charge in [-0.3, -0.25) is 4.98 Å². The minimum absolute atomic E-state index is 0.0533. The van der Waals surface area contributed by atoms with Crippen LogP contribution < -0.4 is 14.0 Å². The van der Waals surface area contributed by atoms with Crippen molar-refractivity contribution in [2.24, 2.45) is 0 Å². The van der Waals surface area contributed by atoms with Gasteiger partial charge in [0.05, 0.1) is 22.3 Å². The second-order valence-electron chi connectivity index (χ2n) is 6.57. The van der Waals surface area contributed by atoms with Crippen LogP contribution in [0, 0.1) is 0 Å². The van der Waals surface area contributed by atoms with Gasteiger partial charge in [0.25, 0.3) is 5.82 Å². The van der Waals surface area contributed by atoms with E-state index >= 15 is 0 Å². The largest absolute Gasteiger partial charge is 0.456 e. The molecule has 0 bridgehead atoms. The van der Waals surface area contributed by atoms with E-state index in [0.717, 1.165) is 12.3 Å². The third-order valence-corrected chi connectivity index (χ3v) is 5.83. The maximum atomic E-state index is 12.8. The second-order valence-corrected chi connectivity index (χ2v) is 8.85. The highest BCUT2D eigenvalue weighted by Crippen LogP contribution is 2.34. The molecular formula is C19H14ClF3N3O3S+. The molecule has 0 amide bonds. The van der Waals surface area contributed by atoms with E-state index in [0.29, 0.717) is 27.7 Å². The summed E-state index contributed by atoms with van der Waals surface area (Å²) in [5.41, 5.74) is 0.310. The maximum Gasteiger partial charge on any atom is 0.418 e. The Morgan fingerprint density at radius 3 is 2.53 bits per heavy atom. The van der Waals surface area contributed by atoms with Crippen LogP contribution in [0.2, 0.25) is 5.02 Å². The fourth-order valence-electron chi connectivity index (χ4n) is 3.01. The van der Waals surface area contributed by atoms with Gasteiger partial charge in [0, 0.05) is 6.20 Å². The number of aryl methyl sites for hydroxylation is 1. The number of rotatable bonds is 3. The average Bonchev–Trinajstić information content (AvgIpc) is 2.68. The van der Waals surface area contributed by atoms with Gasteiger partial charge < -0.3 is 4.74 Å². The van der Waals surface area contributed by atoms with Crippen LogP contribution in [0.1, 0.15) is 5.56 Å². The third kappa shape index (κ3) is 4.34. The monoisotopic (exact) mass is 456 g/mol. The SMILES string of the molecule is O=S1(=O)CC[n+]2cc(Cl)cc(-c3ccc(Oc4cncc(C(F)(F)F)c4)cc3)c2N1. The highest BCUT2D eigenvalue weighted by Gasteiger charge is 2.32. The molecule has 0 aliphatic carbocycles. The number of benzene rings is 1. The number of alkyl halides is 3. The van der Waals surface area contributed by atoms with E-state index < -0.39 is 21.8 Å². The first-order valence-corrected chi connectivity index (χ1v) is 10.7. The van der Waals surface area contributed by atoms with Crippen molar-refractivity contribution in [1.82, 2.24) is 4.98 Å². The van der Waals surface area contributed by atoms with Gasteiger partial charge in [-0.1, -0.05) is 23.7 Å². The number of nitrogens with zero attached hydrogens (tertiary/aromatic N) is 2. The zero-order chi connectivity index (χ0) is 21.5. The summed E-state index contributed by atoms with van der Waals surface area (Å²) in [5, 5.41) is 0.435. The molecule has 30 heavy (non-hydrogen) atoms. The molecule has 1 aliphatic heterocycles. The molecule has 11 heteroatoms. The van der Waals surface area contributed by atoms with Crippen molar-refractivity contribution in [2.45, 2.75) is 12.7 Å². The fourth-order valence-corrected chi connectivity index (χ4v) is 4.29. The first kappa shape index (κ1) is 20.4. The molecule has 3 heterocycles. The van der Waals surface area contributed by atoms with Crippen molar-refractivity contribution >= 4 is 27.4 Å². The molecule has 0 spiro atoms. The van der Waals surface area contributed by atoms with E-state index in [2.05, 4.69) is 9.71 Å². The van der Waals surface area contributed by atoms with Crippen molar-refractivity contribution in [3.8, 4) is 22.6 Å². The number of fused-ring (bicyclic) bond motifs is 1. The van der Waals surface area contributed by atoms with Crippen LogP contribution in [0.3, 0.4) is 0 Å². The molecule has 6 nitrogen and oxygen atoms in total. The Morgan fingerprint density at radius 1 is 1.10 bits per heavy atom. The maximum absolute atomic E-state index is 12.8. The first-order chi connectivity index (χ1) is 14.1. The van der Waals surface area contributed by atoms with E-state index in [9.17, 15) is 21.6 Å². The Bertz CT molecular complexity index is 1220. The molecule has 0 unspecified atom stereocenters. The van der Waals surface area contributed by atoms with Crippen molar-refractivity contribution in [1.29, 1.82) is 0 Å². The summed E-state index contributed by atoms with van der Waals surface area (Å²) in [5.74, 6) is 0.578. The lowest BCUT2D eigenvalue weighted by Gasteiger charge is -2.16. The standard InChI is InChI=1S/C19H13ClF3N3O3S/c20-14-8-17(18-25-30(27,28)6-5-26(18)11-14)12-1-3-15(4-2-12)29-16-7-13(9-24-10-16)19(21,22)23/h1-4,7-11H,5-6H2/p+1. The molecule has 4 rings (SSSR count). The number of hydrogen-bond acceptors (Lipinski definition) is 4. The minimum atomic E-state index is -4.52. The summed E-state index contributed by atoms with van der Waals surface area (Å²) in [6.07, 6.45) is -0.980. The summed E-state index contributed by atoms with van der Waals surface area (Å²) in [6, 6.07) is 8.93. The predicted octanol–water partition coefficient (Wildman–Crippen LogP) is 4.26. The number of halogens is 4. The van der Waals surface area contributed by atoms with Gasteiger partial charge >= 0.3 is 16.2 Å². The van der Waals surface area contributed by atoms with E-state index in [1.165, 1.54) is 6.20 Å². The molecule has 0 radical (unpaired) electrons. The normalized spacial score (nSPS) is 15.2. The van der Waals surface area contributed by atoms with Gasteiger partial charge in [-0.05, 0) is 29.8 Å². The zero-order valence-electron chi connectivity index (χ0n) is 15.1. The number of hydrogen-bond donors (Lipinski definition) is 1. The van der Waals surface area contributed by atoms with E-state index in [1.807, 2.05) is 0 Å². The average molecular weight is 457 g/mol. The van der Waals surface area contributed by atoms with Crippen molar-refractivity contribution in [3.63, 3.8) is 0 Å².